The summed E-state index contributed by atoms with van der Waals surface area (Å²) in [5, 5.41) is 3.38. The van der Waals surface area contributed by atoms with Crippen LogP contribution in [0.5, 0.6) is 5.75 Å². The summed E-state index contributed by atoms with van der Waals surface area (Å²) in [6, 6.07) is 5.77. The van der Waals surface area contributed by atoms with Gasteiger partial charge in [0.2, 0.25) is 0 Å². The topological polar surface area (TPSA) is 41.6 Å². The lowest BCUT2D eigenvalue weighted by atomic mass is 10.1. The Balaban J connectivity index is 1.99. The van der Waals surface area contributed by atoms with Gasteiger partial charge in [-0.15, -0.1) is 11.6 Å². The number of benzene rings is 1. The van der Waals surface area contributed by atoms with Gasteiger partial charge in [-0.05, 0) is 31.5 Å². The van der Waals surface area contributed by atoms with Gasteiger partial charge in [0.1, 0.15) is 5.75 Å². The van der Waals surface area contributed by atoms with Crippen molar-refractivity contribution in [2.45, 2.75) is 23.7 Å². The van der Waals surface area contributed by atoms with Gasteiger partial charge in [-0.3, -0.25) is 9.69 Å². The molecule has 0 aliphatic carbocycles. The van der Waals surface area contributed by atoms with E-state index in [1.54, 1.807) is 23.8 Å². The molecular formula is C14H15ClN2O2S. The lowest BCUT2D eigenvalue weighted by Gasteiger charge is -2.33. The van der Waals surface area contributed by atoms with E-state index >= 15 is 0 Å². The van der Waals surface area contributed by atoms with Gasteiger partial charge in [0.05, 0.1) is 12.8 Å². The molecule has 1 N–H and O–H groups in total. The number of fused-ring (bicyclic) bond motifs is 3. The van der Waals surface area contributed by atoms with E-state index in [0.29, 0.717) is 12.3 Å². The second kappa shape index (κ2) is 5.22. The Morgan fingerprint density at radius 2 is 2.30 bits per heavy atom. The standard InChI is InChI=1S/C14H15ClN2O2S/c1-8-10(5-6-15)13(18)17-11-4-3-9(19-2)7-12(11)20-14(17)16-8/h3-4,7,14,16H,5-6H2,1-2H3. The monoisotopic (exact) mass is 310 g/mol. The quantitative estimate of drug-likeness (QED) is 0.872. The Morgan fingerprint density at radius 3 is 3.00 bits per heavy atom. The van der Waals surface area contributed by atoms with Crippen molar-refractivity contribution >= 4 is 35.0 Å². The summed E-state index contributed by atoms with van der Waals surface area (Å²) in [7, 11) is 1.64. The molecule has 1 atom stereocenters. The molecule has 0 spiro atoms. The van der Waals surface area contributed by atoms with Crippen LogP contribution in [0.4, 0.5) is 5.69 Å². The predicted molar refractivity (Wildman–Crippen MR) is 81.3 cm³/mol. The van der Waals surface area contributed by atoms with Crippen LogP contribution in [0.2, 0.25) is 0 Å². The molecule has 1 unspecified atom stereocenters. The molecule has 4 nitrogen and oxygen atoms in total. The molecule has 0 bridgehead atoms. The second-order valence-corrected chi connectivity index (χ2v) is 6.17. The number of carbonyl (C=O) groups excluding carboxylic acids is 1. The van der Waals surface area contributed by atoms with Crippen molar-refractivity contribution in [3.05, 3.63) is 29.5 Å². The highest BCUT2D eigenvalue weighted by molar-refractivity contribution is 8.00. The molecule has 0 saturated heterocycles. The van der Waals surface area contributed by atoms with Crippen LogP contribution in [-0.4, -0.2) is 24.4 Å². The van der Waals surface area contributed by atoms with Gasteiger partial charge in [-0.2, -0.15) is 0 Å². The van der Waals surface area contributed by atoms with E-state index in [2.05, 4.69) is 5.32 Å². The predicted octanol–water partition coefficient (Wildman–Crippen LogP) is 2.92. The molecule has 6 heteroatoms. The van der Waals surface area contributed by atoms with Gasteiger partial charge < -0.3 is 10.1 Å². The highest BCUT2D eigenvalue weighted by atomic mass is 35.5. The van der Waals surface area contributed by atoms with Crippen molar-refractivity contribution in [3.63, 3.8) is 0 Å². The van der Waals surface area contributed by atoms with Crippen LogP contribution in [0.25, 0.3) is 0 Å². The fourth-order valence-corrected chi connectivity index (χ4v) is 3.94. The van der Waals surface area contributed by atoms with E-state index in [4.69, 9.17) is 16.3 Å². The summed E-state index contributed by atoms with van der Waals surface area (Å²) in [6.07, 6.45) is 0.582. The number of amides is 1. The second-order valence-electron chi connectivity index (χ2n) is 4.67. The van der Waals surface area contributed by atoms with E-state index in [1.165, 1.54) is 0 Å². The van der Waals surface area contributed by atoms with Gasteiger partial charge in [0.15, 0.2) is 5.50 Å². The smallest absolute Gasteiger partial charge is 0.258 e. The first kappa shape index (κ1) is 13.6. The zero-order valence-corrected chi connectivity index (χ0v) is 12.8. The number of anilines is 1. The molecular weight excluding hydrogens is 296 g/mol. The van der Waals surface area contributed by atoms with E-state index in [-0.39, 0.29) is 11.4 Å². The van der Waals surface area contributed by atoms with Crippen LogP contribution in [-0.2, 0) is 4.79 Å². The number of carbonyl (C=O) groups is 1. The highest BCUT2D eigenvalue weighted by Crippen LogP contribution is 2.46. The molecule has 2 heterocycles. The summed E-state index contributed by atoms with van der Waals surface area (Å²) in [5.74, 6) is 1.29. The van der Waals surface area contributed by atoms with Crippen LogP contribution in [0.15, 0.2) is 34.4 Å². The Morgan fingerprint density at radius 1 is 1.50 bits per heavy atom. The molecule has 1 amide bonds. The fraction of sp³-hybridized carbons (Fsp3) is 0.357. The van der Waals surface area contributed by atoms with Crippen molar-refractivity contribution in [1.82, 2.24) is 5.32 Å². The fourth-order valence-electron chi connectivity index (χ4n) is 2.49. The maximum absolute atomic E-state index is 12.6. The highest BCUT2D eigenvalue weighted by Gasteiger charge is 2.39. The van der Waals surface area contributed by atoms with E-state index in [0.717, 1.165) is 27.6 Å². The number of allylic oxidation sites excluding steroid dienone is 1. The first-order valence-corrected chi connectivity index (χ1v) is 7.77. The number of hydrogen-bond acceptors (Lipinski definition) is 4. The molecule has 0 fully saturated rings. The number of hydrogen-bond donors (Lipinski definition) is 1. The van der Waals surface area contributed by atoms with Crippen LogP contribution >= 0.6 is 23.4 Å². The minimum atomic E-state index is -0.0799. The van der Waals surface area contributed by atoms with Crippen molar-refractivity contribution in [3.8, 4) is 5.75 Å². The summed E-state index contributed by atoms with van der Waals surface area (Å²) in [5.41, 5.74) is 2.53. The van der Waals surface area contributed by atoms with Gasteiger partial charge in [-0.1, -0.05) is 11.8 Å². The largest absolute Gasteiger partial charge is 0.497 e. The van der Waals surface area contributed by atoms with Crippen molar-refractivity contribution in [1.29, 1.82) is 0 Å². The summed E-state index contributed by atoms with van der Waals surface area (Å²) < 4.78 is 5.24. The molecule has 20 heavy (non-hydrogen) atoms. The van der Waals surface area contributed by atoms with E-state index in [9.17, 15) is 4.79 Å². The van der Waals surface area contributed by atoms with Gasteiger partial charge in [0.25, 0.3) is 5.91 Å². The van der Waals surface area contributed by atoms with Gasteiger partial charge >= 0.3 is 0 Å². The molecule has 0 saturated carbocycles. The molecule has 106 valence electrons. The molecule has 2 aliphatic rings. The first-order chi connectivity index (χ1) is 9.65. The number of alkyl halides is 1. The normalized spacial score (nSPS) is 20.6. The third kappa shape index (κ3) is 2.05. The third-order valence-electron chi connectivity index (χ3n) is 3.51. The van der Waals surface area contributed by atoms with Crippen LogP contribution in [0.1, 0.15) is 13.3 Å². The van der Waals surface area contributed by atoms with Crippen molar-refractivity contribution < 1.29 is 9.53 Å². The zero-order valence-electron chi connectivity index (χ0n) is 11.3. The molecule has 0 aromatic heterocycles. The maximum Gasteiger partial charge on any atom is 0.258 e. The minimum absolute atomic E-state index is 0.0447. The van der Waals surface area contributed by atoms with Crippen LogP contribution in [0, 0.1) is 0 Å². The SMILES string of the molecule is COc1ccc2c(c1)SC1NC(C)=C(CCCl)C(=O)N21. The zero-order chi connectivity index (χ0) is 14.3. The van der Waals surface area contributed by atoms with E-state index in [1.807, 2.05) is 25.1 Å². The van der Waals surface area contributed by atoms with Gasteiger partial charge in [0, 0.05) is 22.0 Å². The number of methoxy groups -OCH3 is 1. The number of nitrogens with zero attached hydrogens (tertiary/aromatic N) is 1. The first-order valence-electron chi connectivity index (χ1n) is 6.36. The Bertz CT molecular complexity index is 603. The number of halogens is 1. The van der Waals surface area contributed by atoms with Crippen molar-refractivity contribution in [2.24, 2.45) is 0 Å². The Kier molecular flexibility index (Phi) is 3.56. The number of nitrogens with one attached hydrogen (secondary N) is 1. The maximum atomic E-state index is 12.6. The Hall–Kier alpha value is -1.33. The third-order valence-corrected chi connectivity index (χ3v) is 4.84. The number of thioether (sulfide) groups is 1. The molecule has 1 aromatic rings. The van der Waals surface area contributed by atoms with Crippen LogP contribution < -0.4 is 15.0 Å². The van der Waals surface area contributed by atoms with E-state index < -0.39 is 0 Å². The summed E-state index contributed by atoms with van der Waals surface area (Å²) >= 11 is 7.42. The average molecular weight is 311 g/mol. The number of rotatable bonds is 3. The molecule has 2 aliphatic heterocycles. The lowest BCUT2D eigenvalue weighted by molar-refractivity contribution is -0.115. The van der Waals surface area contributed by atoms with Crippen molar-refractivity contribution in [2.75, 3.05) is 17.9 Å². The van der Waals surface area contributed by atoms with Crippen LogP contribution in [0.3, 0.4) is 0 Å². The Labute approximate surface area is 127 Å². The summed E-state index contributed by atoms with van der Waals surface area (Å²) in [4.78, 5) is 15.5. The molecule has 1 aromatic carbocycles. The minimum Gasteiger partial charge on any atom is -0.497 e. The number of ether oxygens (including phenoxy) is 1. The molecule has 3 rings (SSSR count). The van der Waals surface area contributed by atoms with Gasteiger partial charge in [-0.25, -0.2) is 0 Å². The summed E-state index contributed by atoms with van der Waals surface area (Å²) in [6.45, 7) is 1.93. The average Bonchev–Trinajstić information content (AvgIpc) is 2.80. The molecule has 0 radical (unpaired) electrons. The lowest BCUT2D eigenvalue weighted by Crippen LogP contribution is -2.49.